The second-order valence-electron chi connectivity index (χ2n) is 6.84. The van der Waals surface area contributed by atoms with Gasteiger partial charge >= 0.3 is 0 Å². The fourth-order valence-electron chi connectivity index (χ4n) is 3.65. The number of hydrogen-bond acceptors (Lipinski definition) is 2. The van der Waals surface area contributed by atoms with E-state index >= 15 is 0 Å². The third-order valence-corrected chi connectivity index (χ3v) is 5.88. The van der Waals surface area contributed by atoms with Gasteiger partial charge in [-0.15, -0.1) is 0 Å². The smallest absolute Gasteiger partial charge is 0.162 e. The number of benzene rings is 1. The van der Waals surface area contributed by atoms with Gasteiger partial charge in [0.15, 0.2) is 7.60 Å². The van der Waals surface area contributed by atoms with E-state index in [1.54, 1.807) is 18.2 Å². The van der Waals surface area contributed by atoms with E-state index in [9.17, 15) is 9.46 Å². The summed E-state index contributed by atoms with van der Waals surface area (Å²) >= 11 is 0. The quantitative estimate of drug-likeness (QED) is 0.828. The minimum atomic E-state index is -4.27. The van der Waals surface area contributed by atoms with Gasteiger partial charge in [0.1, 0.15) is 0 Å². The standard InChI is InChI=1S/C12H23N.C6H7O3P/c1-3-7-11(8-4-1)13-12-9-5-2-6-10-12;7-10(8,9)6-4-2-1-3-5-6/h11-13H,1-10H2;1-5H,(H2,7,8,9). The molecule has 0 saturated heterocycles. The SMILES string of the molecule is C1CCC([NH2+]C2CCCCC2)CC1.O=P([O-])(O)c1ccccc1. The zero-order valence-corrected chi connectivity index (χ0v) is 14.8. The average molecular weight is 339 g/mol. The first-order valence-corrected chi connectivity index (χ1v) is 10.6. The molecule has 23 heavy (non-hydrogen) atoms. The molecule has 0 radical (unpaired) electrons. The zero-order valence-electron chi connectivity index (χ0n) is 13.9. The summed E-state index contributed by atoms with van der Waals surface area (Å²) in [6.07, 6.45) is 15.0. The largest absolute Gasteiger partial charge is 0.775 e. The lowest BCUT2D eigenvalue weighted by Crippen LogP contribution is -2.95. The molecular formula is C18H30NO3P. The summed E-state index contributed by atoms with van der Waals surface area (Å²) < 4.78 is 10.4. The van der Waals surface area contributed by atoms with Crippen LogP contribution in [0, 0.1) is 0 Å². The molecule has 1 aromatic carbocycles. The topological polar surface area (TPSA) is 77.0 Å². The Balaban J connectivity index is 0.000000174. The van der Waals surface area contributed by atoms with Gasteiger partial charge in [-0.3, -0.25) is 0 Å². The lowest BCUT2D eigenvalue weighted by Gasteiger charge is -2.27. The predicted molar refractivity (Wildman–Crippen MR) is 91.6 cm³/mol. The van der Waals surface area contributed by atoms with Crippen LogP contribution in [-0.4, -0.2) is 17.0 Å². The molecule has 0 amide bonds. The highest BCUT2D eigenvalue weighted by Crippen LogP contribution is 2.26. The molecule has 0 heterocycles. The monoisotopic (exact) mass is 339 g/mol. The molecule has 1 unspecified atom stereocenters. The van der Waals surface area contributed by atoms with Crippen LogP contribution in [0.5, 0.6) is 0 Å². The Morgan fingerprint density at radius 3 is 1.65 bits per heavy atom. The molecule has 2 aliphatic rings. The van der Waals surface area contributed by atoms with Gasteiger partial charge in [-0.1, -0.05) is 43.2 Å². The van der Waals surface area contributed by atoms with Crippen molar-refractivity contribution in [1.82, 2.24) is 0 Å². The van der Waals surface area contributed by atoms with Crippen LogP contribution in [0.4, 0.5) is 0 Å². The number of hydrogen-bond donors (Lipinski definition) is 2. The van der Waals surface area contributed by atoms with Crippen molar-refractivity contribution in [1.29, 1.82) is 0 Å². The van der Waals surface area contributed by atoms with Crippen molar-refractivity contribution in [3.05, 3.63) is 30.3 Å². The highest BCUT2D eigenvalue weighted by Gasteiger charge is 2.22. The van der Waals surface area contributed by atoms with E-state index in [0.29, 0.717) is 0 Å². The van der Waals surface area contributed by atoms with E-state index in [1.165, 1.54) is 76.3 Å². The summed E-state index contributed by atoms with van der Waals surface area (Å²) in [5, 5.41) is 2.67. The second kappa shape index (κ2) is 9.58. The molecular weight excluding hydrogens is 309 g/mol. The van der Waals surface area contributed by atoms with Crippen molar-refractivity contribution in [2.45, 2.75) is 76.3 Å². The van der Waals surface area contributed by atoms with Crippen LogP contribution in [0.3, 0.4) is 0 Å². The molecule has 0 aliphatic heterocycles. The fourth-order valence-corrected chi connectivity index (χ4v) is 4.20. The molecule has 2 saturated carbocycles. The first kappa shape index (κ1) is 18.7. The van der Waals surface area contributed by atoms with Crippen LogP contribution in [0.2, 0.25) is 0 Å². The van der Waals surface area contributed by atoms with Crippen molar-refractivity contribution in [3.8, 4) is 0 Å². The summed E-state index contributed by atoms with van der Waals surface area (Å²) in [7, 11) is -4.27. The van der Waals surface area contributed by atoms with Crippen molar-refractivity contribution >= 4 is 12.9 Å². The third kappa shape index (κ3) is 7.17. The van der Waals surface area contributed by atoms with Gasteiger partial charge in [0.2, 0.25) is 0 Å². The van der Waals surface area contributed by atoms with Crippen molar-refractivity contribution in [3.63, 3.8) is 0 Å². The van der Waals surface area contributed by atoms with Gasteiger partial charge < -0.3 is 19.7 Å². The first-order chi connectivity index (χ1) is 11.1. The Kier molecular flexibility index (Phi) is 7.78. The van der Waals surface area contributed by atoms with E-state index in [1.807, 2.05) is 0 Å². The molecule has 0 aromatic heterocycles. The average Bonchev–Trinajstić information content (AvgIpc) is 2.57. The normalized spacial score (nSPS) is 22.7. The first-order valence-electron chi connectivity index (χ1n) is 9.00. The van der Waals surface area contributed by atoms with E-state index in [0.717, 1.165) is 12.1 Å². The maximum Gasteiger partial charge on any atom is 0.162 e. The van der Waals surface area contributed by atoms with E-state index < -0.39 is 7.60 Å². The Morgan fingerprint density at radius 2 is 1.30 bits per heavy atom. The van der Waals surface area contributed by atoms with Gasteiger partial charge in [0.05, 0.1) is 12.1 Å². The van der Waals surface area contributed by atoms with Gasteiger partial charge in [-0.25, -0.2) is 0 Å². The highest BCUT2D eigenvalue weighted by atomic mass is 31.2. The van der Waals surface area contributed by atoms with Crippen LogP contribution in [-0.2, 0) is 4.57 Å². The van der Waals surface area contributed by atoms with Gasteiger partial charge in [-0.2, -0.15) is 0 Å². The molecule has 1 atom stereocenters. The Morgan fingerprint density at radius 1 is 0.870 bits per heavy atom. The third-order valence-electron chi connectivity index (χ3n) is 4.93. The van der Waals surface area contributed by atoms with Crippen molar-refractivity contribution < 1.29 is 19.7 Å². The maximum absolute atomic E-state index is 10.4. The lowest BCUT2D eigenvalue weighted by atomic mass is 9.91. The molecule has 0 bridgehead atoms. The molecule has 4 nitrogen and oxygen atoms in total. The van der Waals surface area contributed by atoms with E-state index in [4.69, 9.17) is 4.89 Å². The summed E-state index contributed by atoms with van der Waals surface area (Å²) in [6.45, 7) is 0. The van der Waals surface area contributed by atoms with Gasteiger partial charge in [-0.05, 0) is 51.4 Å². The van der Waals surface area contributed by atoms with Crippen LogP contribution < -0.4 is 15.5 Å². The predicted octanol–water partition coefficient (Wildman–Crippen LogP) is 2.07. The molecule has 2 fully saturated rings. The molecule has 130 valence electrons. The van der Waals surface area contributed by atoms with Crippen LogP contribution in [0.25, 0.3) is 0 Å². The zero-order chi connectivity index (χ0) is 16.5. The fraction of sp³-hybridized carbons (Fsp3) is 0.667. The van der Waals surface area contributed by atoms with E-state index in [2.05, 4.69) is 5.32 Å². The number of rotatable bonds is 3. The molecule has 1 aromatic rings. The maximum atomic E-state index is 10.4. The summed E-state index contributed by atoms with van der Waals surface area (Å²) in [5.74, 6) is 0. The number of nitrogens with two attached hydrogens (primary N) is 1. The minimum Gasteiger partial charge on any atom is -0.775 e. The molecule has 3 rings (SSSR count). The lowest BCUT2D eigenvalue weighted by molar-refractivity contribution is -0.725. The highest BCUT2D eigenvalue weighted by molar-refractivity contribution is 7.58. The van der Waals surface area contributed by atoms with Gasteiger partial charge in [0, 0.05) is 5.30 Å². The summed E-state index contributed by atoms with van der Waals surface area (Å²) in [6, 6.07) is 9.46. The second-order valence-corrected chi connectivity index (χ2v) is 8.40. The van der Waals surface area contributed by atoms with Crippen molar-refractivity contribution in [2.24, 2.45) is 0 Å². The van der Waals surface area contributed by atoms with Gasteiger partial charge in [0.25, 0.3) is 0 Å². The van der Waals surface area contributed by atoms with Crippen LogP contribution in [0.1, 0.15) is 64.2 Å². The molecule has 0 spiro atoms. The Labute approximate surface area is 139 Å². The molecule has 3 N–H and O–H groups in total. The van der Waals surface area contributed by atoms with Crippen LogP contribution in [0.15, 0.2) is 30.3 Å². The Bertz CT molecular complexity index is 460. The molecule has 2 aliphatic carbocycles. The van der Waals surface area contributed by atoms with E-state index in [-0.39, 0.29) is 5.30 Å². The minimum absolute atomic E-state index is 0.0463. The molecule has 5 heteroatoms. The Hall–Kier alpha value is -0.670. The van der Waals surface area contributed by atoms with Crippen LogP contribution >= 0.6 is 7.60 Å². The number of quaternary nitrogens is 1. The summed E-state index contributed by atoms with van der Waals surface area (Å²) in [4.78, 5) is 18.9. The summed E-state index contributed by atoms with van der Waals surface area (Å²) in [5.41, 5.74) is 0. The van der Waals surface area contributed by atoms with Crippen molar-refractivity contribution in [2.75, 3.05) is 0 Å².